The number of carbonyl (C=O) groups is 4. The summed E-state index contributed by atoms with van der Waals surface area (Å²) in [4.78, 5) is 47.8. The van der Waals surface area contributed by atoms with E-state index < -0.39 is 17.9 Å². The Morgan fingerprint density at radius 3 is 2.07 bits per heavy atom. The molecule has 0 amide bonds. The van der Waals surface area contributed by atoms with E-state index in [0.29, 0.717) is 58.4 Å². The van der Waals surface area contributed by atoms with Gasteiger partial charge < -0.3 is 5.11 Å². The van der Waals surface area contributed by atoms with Gasteiger partial charge in [-0.2, -0.15) is 0 Å². The summed E-state index contributed by atoms with van der Waals surface area (Å²) in [5.41, 5.74) is 0. The van der Waals surface area contributed by atoms with Crippen LogP contribution in [0.4, 0.5) is 0 Å². The summed E-state index contributed by atoms with van der Waals surface area (Å²) in [5, 5.41) is 19.8. The van der Waals surface area contributed by atoms with E-state index >= 15 is 0 Å². The standard InChI is InChI=1S/C31H32O10SSe/c1-4-17(31(36)37)10-21(33)29-14-19-12-25(23(39-3)16-28(19)43-29)41-9-5-8-40-24-11-18-13-27(20(32)6-7-30(34)35)42-26(18)15-22(24)38-2/h11-17H,4-10H2,1-3H3,(H,34,35)(H,36,37). The number of fused-ring (bicyclic) bond motifs is 2. The van der Waals surface area contributed by atoms with Crippen molar-refractivity contribution in [2.75, 3.05) is 27.4 Å². The van der Waals surface area contributed by atoms with Crippen molar-refractivity contribution in [2.45, 2.75) is 39.0 Å². The molecule has 0 radical (unpaired) electrons. The molecular weight excluding hydrogens is 643 g/mol. The van der Waals surface area contributed by atoms with Crippen molar-refractivity contribution >= 4 is 69.1 Å². The molecule has 0 fully saturated rings. The number of methoxy groups -OCH3 is 2. The van der Waals surface area contributed by atoms with Crippen LogP contribution in [0, 0.1) is 5.92 Å². The molecule has 1 atom stereocenters. The normalized spacial score (nSPS) is 11.8. The third-order valence-electron chi connectivity index (χ3n) is 6.80. The van der Waals surface area contributed by atoms with Gasteiger partial charge in [-0.3, -0.25) is 9.59 Å². The van der Waals surface area contributed by atoms with Crippen LogP contribution in [0.3, 0.4) is 0 Å². The van der Waals surface area contributed by atoms with Gasteiger partial charge in [0.05, 0.1) is 18.4 Å². The summed E-state index contributed by atoms with van der Waals surface area (Å²) < 4.78 is 25.4. The first-order chi connectivity index (χ1) is 20.6. The van der Waals surface area contributed by atoms with Crippen molar-refractivity contribution in [3.05, 3.63) is 45.7 Å². The molecule has 4 rings (SSSR count). The summed E-state index contributed by atoms with van der Waals surface area (Å²) in [5.74, 6) is -0.875. The molecule has 1 unspecified atom stereocenters. The molecule has 4 aromatic rings. The van der Waals surface area contributed by atoms with Gasteiger partial charge in [-0.05, 0) is 6.07 Å². The Hall–Kier alpha value is -3.86. The number of carboxylic acid groups (broad SMARTS) is 2. The summed E-state index contributed by atoms with van der Waals surface area (Å²) in [6.45, 7) is 2.42. The molecule has 0 spiro atoms. The summed E-state index contributed by atoms with van der Waals surface area (Å²) in [6, 6.07) is 10.9. The average Bonchev–Trinajstić information content (AvgIpc) is 3.60. The van der Waals surface area contributed by atoms with Crippen LogP contribution >= 0.6 is 11.3 Å². The molecule has 0 saturated carbocycles. The first kappa shape index (κ1) is 32.1. The van der Waals surface area contributed by atoms with Crippen LogP contribution in [-0.2, 0) is 9.59 Å². The van der Waals surface area contributed by atoms with Crippen molar-refractivity contribution in [1.82, 2.24) is 0 Å². The van der Waals surface area contributed by atoms with Crippen LogP contribution < -0.4 is 18.9 Å². The Labute approximate surface area is 257 Å². The van der Waals surface area contributed by atoms with Crippen LogP contribution in [0.25, 0.3) is 19.7 Å². The zero-order valence-electron chi connectivity index (χ0n) is 24.0. The predicted molar refractivity (Wildman–Crippen MR) is 163 cm³/mol. The van der Waals surface area contributed by atoms with Crippen molar-refractivity contribution in [3.8, 4) is 23.0 Å². The van der Waals surface area contributed by atoms with Crippen LogP contribution in [0.2, 0.25) is 0 Å². The van der Waals surface area contributed by atoms with Gasteiger partial charge in [-0.1, -0.05) is 0 Å². The summed E-state index contributed by atoms with van der Waals surface area (Å²) in [7, 11) is 3.09. The molecule has 228 valence electrons. The molecule has 10 nitrogen and oxygen atoms in total. The number of hydrogen-bond donors (Lipinski definition) is 2. The number of ether oxygens (including phenoxy) is 4. The second-order valence-corrected chi connectivity index (χ2v) is 13.1. The van der Waals surface area contributed by atoms with E-state index in [0.717, 1.165) is 19.7 Å². The maximum atomic E-state index is 12.8. The van der Waals surface area contributed by atoms with E-state index in [1.165, 1.54) is 18.4 Å². The Bertz CT molecular complexity index is 1650. The third-order valence-corrected chi connectivity index (χ3v) is 10.3. The summed E-state index contributed by atoms with van der Waals surface area (Å²) >= 11 is 1.05. The van der Waals surface area contributed by atoms with Gasteiger partial charge in [-0.25, -0.2) is 0 Å². The second kappa shape index (κ2) is 14.5. The Kier molecular flexibility index (Phi) is 10.8. The quantitative estimate of drug-likeness (QED) is 0.0811. The Morgan fingerprint density at radius 2 is 1.47 bits per heavy atom. The van der Waals surface area contributed by atoms with Crippen LogP contribution in [0.5, 0.6) is 23.0 Å². The zero-order chi connectivity index (χ0) is 31.1. The van der Waals surface area contributed by atoms with Crippen LogP contribution in [0.15, 0.2) is 36.4 Å². The number of aliphatic carboxylic acids is 2. The fourth-order valence-corrected chi connectivity index (χ4v) is 7.60. The number of hydrogen-bond acceptors (Lipinski definition) is 9. The topological polar surface area (TPSA) is 146 Å². The average molecular weight is 676 g/mol. The molecule has 0 aliphatic heterocycles. The first-order valence-electron chi connectivity index (χ1n) is 13.6. The van der Waals surface area contributed by atoms with Gasteiger partial charge in [0, 0.05) is 11.1 Å². The molecule has 2 heterocycles. The van der Waals surface area contributed by atoms with E-state index in [4.69, 9.17) is 24.1 Å². The molecule has 43 heavy (non-hydrogen) atoms. The van der Waals surface area contributed by atoms with Crippen molar-refractivity contribution < 1.29 is 48.3 Å². The molecule has 0 saturated heterocycles. The fraction of sp³-hybridized carbons (Fsp3) is 0.355. The molecule has 2 N–H and O–H groups in total. The Balaban J connectivity index is 1.37. The van der Waals surface area contributed by atoms with Gasteiger partial charge in [0.15, 0.2) is 5.78 Å². The molecule has 2 aromatic carbocycles. The van der Waals surface area contributed by atoms with Gasteiger partial charge in [-0.15, -0.1) is 11.3 Å². The van der Waals surface area contributed by atoms with Gasteiger partial charge in [0.1, 0.15) is 0 Å². The van der Waals surface area contributed by atoms with E-state index in [2.05, 4.69) is 0 Å². The number of carboxylic acids is 2. The molecule has 0 aliphatic rings. The van der Waals surface area contributed by atoms with Crippen molar-refractivity contribution in [1.29, 1.82) is 0 Å². The number of thiophene rings is 1. The van der Waals surface area contributed by atoms with Gasteiger partial charge >= 0.3 is 191 Å². The zero-order valence-corrected chi connectivity index (χ0v) is 26.5. The molecule has 2 aromatic heterocycles. The van der Waals surface area contributed by atoms with Crippen molar-refractivity contribution in [2.24, 2.45) is 5.92 Å². The summed E-state index contributed by atoms with van der Waals surface area (Å²) in [6.07, 6.45) is 0.666. The number of carbonyl (C=O) groups excluding carboxylic acids is 2. The maximum absolute atomic E-state index is 12.8. The minimum atomic E-state index is -1.01. The Morgan fingerprint density at radius 1 is 0.814 bits per heavy atom. The molecular formula is C31H32O10SSe. The predicted octanol–water partition coefficient (Wildman–Crippen LogP) is 5.71. The third kappa shape index (κ3) is 7.95. The number of Topliss-reactive ketones (excluding diaryl/α,β-unsaturated/α-hetero) is 2. The van der Waals surface area contributed by atoms with Gasteiger partial charge in [0.2, 0.25) is 0 Å². The van der Waals surface area contributed by atoms with Crippen LogP contribution in [0.1, 0.15) is 57.9 Å². The molecule has 12 heteroatoms. The second-order valence-electron chi connectivity index (χ2n) is 9.74. The molecule has 0 aliphatic carbocycles. The minimum absolute atomic E-state index is 0.00981. The number of ketones is 2. The van der Waals surface area contributed by atoms with E-state index in [1.807, 2.05) is 18.2 Å². The van der Waals surface area contributed by atoms with E-state index in [9.17, 15) is 24.3 Å². The number of rotatable bonds is 17. The first-order valence-corrected chi connectivity index (χ1v) is 16.2. The van der Waals surface area contributed by atoms with E-state index in [1.54, 1.807) is 32.2 Å². The van der Waals surface area contributed by atoms with Gasteiger partial charge in [0.25, 0.3) is 0 Å². The SMILES string of the molecule is CCC(CC(=O)c1cc2cc(OCCCOc3cc4cc(C(=O)CCC(=O)O)sc4cc3OC)c(OC)cc2[se]1)C(=O)O. The monoisotopic (exact) mass is 676 g/mol. The molecule has 0 bridgehead atoms. The van der Waals surface area contributed by atoms with E-state index in [-0.39, 0.29) is 45.3 Å². The van der Waals surface area contributed by atoms with Crippen LogP contribution in [-0.4, -0.2) is 75.7 Å². The fourth-order valence-electron chi connectivity index (χ4n) is 4.41. The van der Waals surface area contributed by atoms with Crippen molar-refractivity contribution in [3.63, 3.8) is 0 Å². The number of benzene rings is 2.